The molecule has 53 heavy (non-hydrogen) atoms. The predicted molar refractivity (Wildman–Crippen MR) is 192 cm³/mol. The molecule has 2 saturated heterocycles. The molecule has 0 spiro atoms. The second-order valence-electron chi connectivity index (χ2n) is 12.4. The number of ketones is 1. The van der Waals surface area contributed by atoms with E-state index in [1.807, 2.05) is 23.1 Å². The van der Waals surface area contributed by atoms with Gasteiger partial charge in [0.1, 0.15) is 17.6 Å². The van der Waals surface area contributed by atoms with Crippen molar-refractivity contribution in [3.05, 3.63) is 42.1 Å². The lowest BCUT2D eigenvalue weighted by atomic mass is 10.0. The number of nitrogens with one attached hydrogen (secondary N) is 2. The van der Waals surface area contributed by atoms with Gasteiger partial charge in [-0.3, -0.25) is 33.2 Å². The zero-order valence-electron chi connectivity index (χ0n) is 30.5. The highest BCUT2D eigenvalue weighted by Gasteiger charge is 2.39. The Morgan fingerprint density at radius 2 is 1.70 bits per heavy atom. The highest BCUT2D eigenvalue weighted by molar-refractivity contribution is 7.39. The third kappa shape index (κ3) is 12.0. The molecular formula is C35H49N6O11P. The minimum absolute atomic E-state index is 0.0168. The summed E-state index contributed by atoms with van der Waals surface area (Å²) in [7, 11) is -1.76. The molecule has 2 N–H and O–H groups in total. The number of carbonyl (C=O) groups excluding carboxylic acids is 5. The van der Waals surface area contributed by atoms with Gasteiger partial charge in [0.2, 0.25) is 8.03 Å². The van der Waals surface area contributed by atoms with Gasteiger partial charge in [-0.15, -0.1) is 0 Å². The van der Waals surface area contributed by atoms with Gasteiger partial charge in [-0.2, -0.15) is 0 Å². The molecule has 1 aromatic heterocycles. The van der Waals surface area contributed by atoms with Crippen molar-refractivity contribution in [2.24, 2.45) is 0 Å². The molecule has 0 saturated carbocycles. The molecular weight excluding hydrogens is 711 g/mol. The summed E-state index contributed by atoms with van der Waals surface area (Å²) in [4.78, 5) is 78.2. The molecule has 2 amide bonds. The number of ether oxygens (including phenoxy) is 4. The van der Waals surface area contributed by atoms with Gasteiger partial charge in [0.05, 0.1) is 18.8 Å². The van der Waals surface area contributed by atoms with Crippen molar-refractivity contribution in [3.8, 4) is 11.4 Å². The standard InChI is InChI=1S/C35H49N6O11P/c1-5-11-29(42)50-35(51-30(43)12-6-2)52-53(47)22-26(31(44)27-20-36-16-18-41(27)34(46)49-7-3)38-33(45)25-19-28(40-17-15-24(21-40)48-4)39-32(37-25)23-13-9-8-10-14-23/h8-10,13-14,19,24,26-27,35-36,53H,5-7,11-12,15-18,20-22H2,1-4H3,(H,38,45). The van der Waals surface area contributed by atoms with Crippen molar-refractivity contribution in [3.63, 3.8) is 0 Å². The lowest BCUT2D eigenvalue weighted by Crippen LogP contribution is -2.61. The fourth-order valence-corrected chi connectivity index (χ4v) is 6.81. The van der Waals surface area contributed by atoms with Crippen LogP contribution in [-0.4, -0.2) is 122 Å². The van der Waals surface area contributed by atoms with E-state index in [4.69, 9.17) is 28.5 Å². The molecule has 2 aliphatic heterocycles. The normalized spacial score (nSPS) is 18.3. The molecule has 2 aliphatic rings. The molecule has 2 fully saturated rings. The van der Waals surface area contributed by atoms with Crippen LogP contribution >= 0.6 is 8.03 Å². The molecule has 2 aromatic rings. The van der Waals surface area contributed by atoms with Crippen LogP contribution in [0.5, 0.6) is 0 Å². The third-order valence-corrected chi connectivity index (χ3v) is 9.66. The number of piperazine rings is 1. The number of aromatic nitrogens is 2. The number of anilines is 1. The number of hydrogen-bond acceptors (Lipinski definition) is 15. The van der Waals surface area contributed by atoms with Gasteiger partial charge < -0.3 is 34.5 Å². The van der Waals surface area contributed by atoms with Crippen LogP contribution in [0.25, 0.3) is 11.4 Å². The number of carbonyl (C=O) groups is 5. The summed E-state index contributed by atoms with van der Waals surface area (Å²) >= 11 is 0. The van der Waals surface area contributed by atoms with Crippen molar-refractivity contribution in [2.75, 3.05) is 57.5 Å². The second kappa shape index (κ2) is 20.7. The highest BCUT2D eigenvalue weighted by Crippen LogP contribution is 2.29. The quantitative estimate of drug-likeness (QED) is 0.127. The average Bonchev–Trinajstić information content (AvgIpc) is 3.64. The summed E-state index contributed by atoms with van der Waals surface area (Å²) < 4.78 is 40.0. The first-order chi connectivity index (χ1) is 25.6. The van der Waals surface area contributed by atoms with Crippen LogP contribution in [0, 0.1) is 0 Å². The molecule has 1 aromatic carbocycles. The summed E-state index contributed by atoms with van der Waals surface area (Å²) in [6.07, 6.45) is 0.234. The number of Topliss-reactive ketones (excluding diaryl/α,β-unsaturated/α-hetero) is 1. The van der Waals surface area contributed by atoms with E-state index >= 15 is 0 Å². The summed E-state index contributed by atoms with van der Waals surface area (Å²) in [6, 6.07) is 7.96. The number of nitrogens with zero attached hydrogens (tertiary/aromatic N) is 4. The van der Waals surface area contributed by atoms with Crippen LogP contribution in [0.15, 0.2) is 36.4 Å². The van der Waals surface area contributed by atoms with Crippen LogP contribution in [0.1, 0.15) is 63.4 Å². The van der Waals surface area contributed by atoms with E-state index < -0.39 is 62.5 Å². The summed E-state index contributed by atoms with van der Waals surface area (Å²) in [5.41, 5.74) is 0.577. The smallest absolute Gasteiger partial charge is 0.410 e. The number of esters is 2. The minimum Gasteiger partial charge on any atom is -0.450 e. The van der Waals surface area contributed by atoms with Gasteiger partial charge in [0, 0.05) is 70.5 Å². The summed E-state index contributed by atoms with van der Waals surface area (Å²) in [5, 5.41) is 5.74. The average molecular weight is 761 g/mol. The number of methoxy groups -OCH3 is 1. The van der Waals surface area contributed by atoms with Gasteiger partial charge in [-0.25, -0.2) is 14.8 Å². The Bertz CT molecular complexity index is 1580. The maximum absolute atomic E-state index is 14.3. The molecule has 4 rings (SSSR count). The van der Waals surface area contributed by atoms with Crippen molar-refractivity contribution >= 4 is 43.6 Å². The number of amides is 2. The highest BCUT2D eigenvalue weighted by atomic mass is 31.1. The zero-order valence-corrected chi connectivity index (χ0v) is 31.5. The van der Waals surface area contributed by atoms with E-state index in [9.17, 15) is 28.5 Å². The van der Waals surface area contributed by atoms with E-state index in [2.05, 4.69) is 15.6 Å². The van der Waals surface area contributed by atoms with E-state index in [1.54, 1.807) is 40.0 Å². The molecule has 4 atom stereocenters. The topological polar surface area (TPSA) is 205 Å². The zero-order chi connectivity index (χ0) is 38.3. The molecule has 290 valence electrons. The van der Waals surface area contributed by atoms with Crippen LogP contribution < -0.4 is 15.5 Å². The van der Waals surface area contributed by atoms with Crippen LogP contribution in [-0.2, 0) is 42.4 Å². The number of hydrogen-bond donors (Lipinski definition) is 2. The van der Waals surface area contributed by atoms with Crippen LogP contribution in [0.2, 0.25) is 0 Å². The Hall–Kier alpha value is -4.44. The summed E-state index contributed by atoms with van der Waals surface area (Å²) in [5.74, 6) is -2.21. The Balaban J connectivity index is 1.66. The van der Waals surface area contributed by atoms with E-state index in [1.165, 1.54) is 11.0 Å². The van der Waals surface area contributed by atoms with Gasteiger partial charge >= 0.3 is 24.5 Å². The van der Waals surface area contributed by atoms with Crippen molar-refractivity contribution < 1.29 is 52.0 Å². The molecule has 18 heteroatoms. The fourth-order valence-electron chi connectivity index (χ4n) is 5.76. The largest absolute Gasteiger partial charge is 0.450 e. The first kappa shape index (κ1) is 41.3. The van der Waals surface area contributed by atoms with Gasteiger partial charge in [0.25, 0.3) is 5.91 Å². The Kier molecular flexibility index (Phi) is 16.1. The van der Waals surface area contributed by atoms with Crippen molar-refractivity contribution in [1.82, 2.24) is 25.5 Å². The van der Waals surface area contributed by atoms with Gasteiger partial charge in [0.15, 0.2) is 11.6 Å². The first-order valence-electron chi connectivity index (χ1n) is 17.9. The monoisotopic (exact) mass is 760 g/mol. The molecule has 0 radical (unpaired) electrons. The summed E-state index contributed by atoms with van der Waals surface area (Å²) in [6.45, 7) is 4.97. The van der Waals surface area contributed by atoms with Crippen LogP contribution in [0.4, 0.5) is 10.6 Å². The first-order valence-corrected chi connectivity index (χ1v) is 19.4. The fraction of sp³-hybridized carbons (Fsp3) is 0.571. The lowest BCUT2D eigenvalue weighted by Gasteiger charge is -2.36. The van der Waals surface area contributed by atoms with Crippen molar-refractivity contribution in [1.29, 1.82) is 0 Å². The number of benzene rings is 1. The van der Waals surface area contributed by atoms with Gasteiger partial charge in [-0.05, 0) is 26.2 Å². The maximum Gasteiger partial charge on any atom is 0.410 e. The van der Waals surface area contributed by atoms with E-state index in [-0.39, 0.29) is 50.2 Å². The minimum atomic E-state index is -3.39. The van der Waals surface area contributed by atoms with E-state index in [0.29, 0.717) is 43.9 Å². The van der Waals surface area contributed by atoms with Gasteiger partial charge in [-0.1, -0.05) is 44.2 Å². The SMILES string of the molecule is CCCC(=O)OC(OC(=O)CCC)O[PH](=O)CC(NC(=O)c1cc(N2CCC(OC)C2)nc(-c2ccccc2)n1)C(=O)C1CNCCN1C(=O)OCC. The molecule has 0 bridgehead atoms. The third-order valence-electron chi connectivity index (χ3n) is 8.46. The van der Waals surface area contributed by atoms with E-state index in [0.717, 1.165) is 6.42 Å². The predicted octanol–water partition coefficient (Wildman–Crippen LogP) is 2.93. The Morgan fingerprint density at radius 1 is 1.00 bits per heavy atom. The molecule has 0 aliphatic carbocycles. The molecule has 3 heterocycles. The Labute approximate surface area is 309 Å². The molecule has 4 unspecified atom stereocenters. The van der Waals surface area contributed by atoms with Crippen LogP contribution in [0.3, 0.4) is 0 Å². The lowest BCUT2D eigenvalue weighted by molar-refractivity contribution is -0.234. The Morgan fingerprint density at radius 3 is 2.32 bits per heavy atom. The molecule has 17 nitrogen and oxygen atoms in total. The maximum atomic E-state index is 14.3. The van der Waals surface area contributed by atoms with Crippen molar-refractivity contribution in [2.45, 2.75) is 77.5 Å². The number of rotatable bonds is 18. The second-order valence-corrected chi connectivity index (χ2v) is 13.8.